The second-order valence-corrected chi connectivity index (χ2v) is 13.0. The van der Waals surface area contributed by atoms with E-state index in [9.17, 15) is 14.4 Å². The van der Waals surface area contributed by atoms with Gasteiger partial charge in [0, 0.05) is 49.8 Å². The van der Waals surface area contributed by atoms with E-state index in [-0.39, 0.29) is 37.8 Å². The minimum Gasteiger partial charge on any atom is -0.492 e. The summed E-state index contributed by atoms with van der Waals surface area (Å²) in [4.78, 5) is 38.5. The fourth-order valence-electron chi connectivity index (χ4n) is 5.72. The number of ether oxygens (including phenoxy) is 3. The molecule has 4 aliphatic rings. The number of hydrogen-bond donors (Lipinski definition) is 3. The van der Waals surface area contributed by atoms with Crippen LogP contribution in [0.4, 0.5) is 4.79 Å². The fourth-order valence-corrected chi connectivity index (χ4v) is 5.72. The molecule has 0 radical (unpaired) electrons. The highest BCUT2D eigenvalue weighted by Crippen LogP contribution is 2.25. The lowest BCUT2D eigenvalue weighted by Gasteiger charge is -2.32. The third-order valence-electron chi connectivity index (χ3n) is 8.27. The summed E-state index contributed by atoms with van der Waals surface area (Å²) >= 11 is 0. The van der Waals surface area contributed by atoms with Crippen LogP contribution in [0.3, 0.4) is 0 Å². The molecule has 0 spiro atoms. The van der Waals surface area contributed by atoms with Crippen molar-refractivity contribution in [3.8, 4) is 11.5 Å². The zero-order valence-corrected chi connectivity index (χ0v) is 28.7. The third kappa shape index (κ3) is 12.8. The van der Waals surface area contributed by atoms with Gasteiger partial charge in [0.1, 0.15) is 30.3 Å². The van der Waals surface area contributed by atoms with Crippen LogP contribution in [-0.2, 0) is 27.4 Å². The molecule has 12 heteroatoms. The second-order valence-electron chi connectivity index (χ2n) is 13.0. The van der Waals surface area contributed by atoms with Gasteiger partial charge in [0.25, 0.3) is 0 Å². The normalized spacial score (nSPS) is 17.9. The van der Waals surface area contributed by atoms with Gasteiger partial charge in [0.2, 0.25) is 5.91 Å². The molecule has 0 atom stereocenters. The van der Waals surface area contributed by atoms with Crippen molar-refractivity contribution in [1.29, 1.82) is 0 Å². The number of nitrogens with one attached hydrogen (secondary N) is 2. The Morgan fingerprint density at radius 3 is 1.98 bits per heavy atom. The molecule has 3 N–H and O–H groups in total. The minimum absolute atomic E-state index is 0. The Kier molecular flexibility index (Phi) is 17.0. The first-order valence-corrected chi connectivity index (χ1v) is 16.4. The van der Waals surface area contributed by atoms with E-state index in [1.165, 1.54) is 5.56 Å². The number of fused-ring (bicyclic) bond motifs is 2. The summed E-state index contributed by atoms with van der Waals surface area (Å²) in [5.74, 6) is 1.33. The van der Waals surface area contributed by atoms with E-state index in [1.54, 1.807) is 4.90 Å². The molecular formula is C36H55ClN4O7. The number of carboxylic acids is 1. The van der Waals surface area contributed by atoms with Gasteiger partial charge in [0.15, 0.2) is 0 Å². The molecule has 0 aliphatic carbocycles. The van der Waals surface area contributed by atoms with E-state index >= 15 is 0 Å². The largest absolute Gasteiger partial charge is 0.492 e. The standard InChI is InChI=1S/C15H20N2O2.C11H19NO4.C9H11NO.CH4.ClH/c18-15(12-5-7-16-8-6-12)17-9-10-19-14-4-2-1-3-13(14)11-17;1-11(2,3)16-10(15)12-6-4-8(5-7-12)9(13)14;1-2-4-9-8(3-1)7-10-5-6-11-9;;/h1-4,12,16H,5-11H2;8H,4-7H2,1-3H3,(H,13,14);1-4,10H,5-7H2;1H4;1H. The van der Waals surface area contributed by atoms with Crippen molar-refractivity contribution in [3.63, 3.8) is 0 Å². The zero-order chi connectivity index (χ0) is 32.9. The Morgan fingerprint density at radius 1 is 0.771 bits per heavy atom. The Bertz CT molecular complexity index is 1270. The maximum atomic E-state index is 12.6. The first kappa shape index (κ1) is 40.6. The summed E-state index contributed by atoms with van der Waals surface area (Å²) in [6.45, 7) is 12.9. The number of carbonyl (C=O) groups excluding carboxylic acids is 2. The van der Waals surface area contributed by atoms with E-state index in [1.807, 2.05) is 68.1 Å². The molecule has 11 nitrogen and oxygen atoms in total. The van der Waals surface area contributed by atoms with Gasteiger partial charge in [-0.25, -0.2) is 4.79 Å². The lowest BCUT2D eigenvalue weighted by atomic mass is 9.96. The van der Waals surface area contributed by atoms with Crippen molar-refractivity contribution in [2.24, 2.45) is 11.8 Å². The first-order valence-electron chi connectivity index (χ1n) is 16.4. The molecule has 0 aromatic heterocycles. The van der Waals surface area contributed by atoms with Crippen LogP contribution >= 0.6 is 12.4 Å². The van der Waals surface area contributed by atoms with Crippen LogP contribution in [-0.4, -0.2) is 91.0 Å². The van der Waals surface area contributed by atoms with Gasteiger partial charge >= 0.3 is 12.1 Å². The van der Waals surface area contributed by atoms with Crippen molar-refractivity contribution in [1.82, 2.24) is 20.4 Å². The summed E-state index contributed by atoms with van der Waals surface area (Å²) in [6.07, 6.45) is 2.58. The Hall–Kier alpha value is -3.54. The van der Waals surface area contributed by atoms with Crippen LogP contribution in [0.15, 0.2) is 48.5 Å². The molecule has 2 aromatic rings. The van der Waals surface area contributed by atoms with Crippen LogP contribution in [0.5, 0.6) is 11.5 Å². The first-order chi connectivity index (χ1) is 22.1. The monoisotopic (exact) mass is 690 g/mol. The fraction of sp³-hybridized carbons (Fsp3) is 0.583. The molecule has 0 bridgehead atoms. The maximum Gasteiger partial charge on any atom is 0.410 e. The highest BCUT2D eigenvalue weighted by atomic mass is 35.5. The average Bonchev–Trinajstić information content (AvgIpc) is 3.43. The van der Waals surface area contributed by atoms with Gasteiger partial charge in [-0.3, -0.25) is 9.59 Å². The predicted molar refractivity (Wildman–Crippen MR) is 189 cm³/mol. The van der Waals surface area contributed by atoms with Crippen molar-refractivity contribution < 1.29 is 33.7 Å². The SMILES string of the molecule is C.CC(C)(C)OC(=O)N1CCC(C(=O)O)CC1.Cl.O=C(C1CCNCC1)N1CCOc2ccccc2C1.c1ccc2c(c1)CNCCO2. The summed E-state index contributed by atoms with van der Waals surface area (Å²) in [5.41, 5.74) is 1.87. The Labute approximate surface area is 292 Å². The molecule has 2 amide bonds. The number of hydrogen-bond acceptors (Lipinski definition) is 8. The smallest absolute Gasteiger partial charge is 0.410 e. The number of rotatable bonds is 2. The number of carboxylic acid groups (broad SMARTS) is 1. The number of nitrogens with zero attached hydrogens (tertiary/aromatic N) is 2. The molecule has 2 saturated heterocycles. The van der Waals surface area contributed by atoms with Gasteiger partial charge in [-0.15, -0.1) is 12.4 Å². The van der Waals surface area contributed by atoms with Crippen LogP contribution in [0, 0.1) is 11.8 Å². The predicted octanol–water partition coefficient (Wildman–Crippen LogP) is 5.35. The van der Waals surface area contributed by atoms with E-state index < -0.39 is 11.6 Å². The molecule has 0 saturated carbocycles. The number of amides is 2. The third-order valence-corrected chi connectivity index (χ3v) is 8.27. The van der Waals surface area contributed by atoms with E-state index in [0.29, 0.717) is 51.5 Å². The zero-order valence-electron chi connectivity index (χ0n) is 27.9. The van der Waals surface area contributed by atoms with Crippen molar-refractivity contribution in [2.75, 3.05) is 52.5 Å². The number of likely N-dealkylation sites (tertiary alicyclic amines) is 1. The lowest BCUT2D eigenvalue weighted by molar-refractivity contribution is -0.143. The molecule has 48 heavy (non-hydrogen) atoms. The quantitative estimate of drug-likeness (QED) is 0.382. The molecule has 2 aromatic carbocycles. The topological polar surface area (TPSA) is 130 Å². The van der Waals surface area contributed by atoms with Crippen LogP contribution in [0.1, 0.15) is 65.0 Å². The minimum atomic E-state index is -0.774. The number of halogens is 1. The van der Waals surface area contributed by atoms with E-state index in [2.05, 4.69) is 16.7 Å². The summed E-state index contributed by atoms with van der Waals surface area (Å²) in [5, 5.41) is 15.4. The van der Waals surface area contributed by atoms with Gasteiger partial charge < -0.3 is 39.8 Å². The molecule has 268 valence electrons. The average molecular weight is 691 g/mol. The highest BCUT2D eigenvalue weighted by molar-refractivity contribution is 5.85. The van der Waals surface area contributed by atoms with Crippen molar-refractivity contribution in [2.45, 2.75) is 72.6 Å². The number of benzene rings is 2. The van der Waals surface area contributed by atoms with Gasteiger partial charge in [-0.2, -0.15) is 0 Å². The molecular weight excluding hydrogens is 636 g/mol. The van der Waals surface area contributed by atoms with Gasteiger partial charge in [-0.1, -0.05) is 43.8 Å². The van der Waals surface area contributed by atoms with Crippen molar-refractivity contribution in [3.05, 3.63) is 59.7 Å². The van der Waals surface area contributed by atoms with Crippen molar-refractivity contribution >= 4 is 30.4 Å². The lowest BCUT2D eigenvalue weighted by Crippen LogP contribution is -2.42. The van der Waals surface area contributed by atoms with Gasteiger partial charge in [-0.05, 0) is 71.7 Å². The van der Waals surface area contributed by atoms with Crippen LogP contribution in [0.2, 0.25) is 0 Å². The number of para-hydroxylation sites is 2. The summed E-state index contributed by atoms with van der Waals surface area (Å²) in [6, 6.07) is 16.1. The molecule has 4 heterocycles. The number of piperidine rings is 2. The van der Waals surface area contributed by atoms with Gasteiger partial charge in [0.05, 0.1) is 12.5 Å². The van der Waals surface area contributed by atoms with Crippen LogP contribution in [0.25, 0.3) is 0 Å². The molecule has 0 unspecified atom stereocenters. The molecule has 6 rings (SSSR count). The van der Waals surface area contributed by atoms with Crippen LogP contribution < -0.4 is 20.1 Å². The number of aliphatic carboxylic acids is 1. The Morgan fingerprint density at radius 2 is 1.35 bits per heavy atom. The summed E-state index contributed by atoms with van der Waals surface area (Å²) in [7, 11) is 0. The second kappa shape index (κ2) is 20.1. The molecule has 4 aliphatic heterocycles. The Balaban J connectivity index is 0.000000253. The highest BCUT2D eigenvalue weighted by Gasteiger charge is 2.30. The molecule has 2 fully saturated rings. The van der Waals surface area contributed by atoms with E-state index in [4.69, 9.17) is 19.3 Å². The summed E-state index contributed by atoms with van der Waals surface area (Å²) < 4.78 is 16.4. The van der Waals surface area contributed by atoms with E-state index in [0.717, 1.165) is 62.7 Å². The number of carbonyl (C=O) groups is 3. The maximum absolute atomic E-state index is 12.6.